The number of nitro benzene ring substituents is 1. The summed E-state index contributed by atoms with van der Waals surface area (Å²) < 4.78 is 0. The number of non-ortho nitro benzene ring substituents is 1. The van der Waals surface area contributed by atoms with Crippen molar-refractivity contribution in [1.82, 2.24) is 4.98 Å². The molecule has 0 spiro atoms. The molecule has 9 heteroatoms. The Bertz CT molecular complexity index is 1290. The van der Waals surface area contributed by atoms with Crippen molar-refractivity contribution in [2.24, 2.45) is 0 Å². The van der Waals surface area contributed by atoms with Crippen molar-refractivity contribution < 1.29 is 19.6 Å². The number of Topliss-reactive ketones (excluding diaryl/α,β-unsaturated/α-hetero) is 1. The van der Waals surface area contributed by atoms with Crippen molar-refractivity contribution in [3.8, 4) is 0 Å². The Morgan fingerprint density at radius 2 is 1.84 bits per heavy atom. The van der Waals surface area contributed by atoms with Crippen LogP contribution in [0, 0.1) is 17.0 Å². The zero-order chi connectivity index (χ0) is 23.0. The van der Waals surface area contributed by atoms with Gasteiger partial charge in [-0.3, -0.25) is 29.6 Å². The number of aliphatic hydroxyl groups excluding tert-OH is 1. The van der Waals surface area contributed by atoms with Gasteiger partial charge in [0.1, 0.15) is 5.76 Å². The van der Waals surface area contributed by atoms with E-state index in [1.807, 2.05) is 0 Å². The van der Waals surface area contributed by atoms with E-state index in [9.17, 15) is 24.8 Å². The van der Waals surface area contributed by atoms with E-state index in [-0.39, 0.29) is 16.8 Å². The number of ketones is 1. The van der Waals surface area contributed by atoms with Gasteiger partial charge in [-0.25, -0.2) is 0 Å². The third kappa shape index (κ3) is 3.61. The molecule has 0 radical (unpaired) electrons. The number of aromatic nitrogens is 1. The molecule has 2 aromatic carbocycles. The molecule has 32 heavy (non-hydrogen) atoms. The monoisotopic (exact) mass is 449 g/mol. The molecule has 1 aliphatic rings. The summed E-state index contributed by atoms with van der Waals surface area (Å²) in [4.78, 5) is 42.1. The van der Waals surface area contributed by atoms with Crippen molar-refractivity contribution in [3.63, 3.8) is 0 Å². The number of aryl methyl sites for hydroxylation is 1. The molecule has 2 heterocycles. The first-order chi connectivity index (χ1) is 15.3. The minimum absolute atomic E-state index is 0.0593. The molecule has 0 saturated carbocycles. The number of hydrogen-bond acceptors (Lipinski definition) is 6. The van der Waals surface area contributed by atoms with Crippen LogP contribution in [0.5, 0.6) is 0 Å². The number of aliphatic hydroxyl groups is 1. The third-order valence-corrected chi connectivity index (χ3v) is 5.45. The van der Waals surface area contributed by atoms with Crippen LogP contribution < -0.4 is 4.90 Å². The first kappa shape index (κ1) is 21.2. The summed E-state index contributed by atoms with van der Waals surface area (Å²) in [5.41, 5.74) is 1.29. The lowest BCUT2D eigenvalue weighted by Crippen LogP contribution is -2.30. The van der Waals surface area contributed by atoms with Crippen LogP contribution in [0.3, 0.4) is 0 Å². The summed E-state index contributed by atoms with van der Waals surface area (Å²) in [6.45, 7) is 1.75. The fourth-order valence-electron chi connectivity index (χ4n) is 3.75. The van der Waals surface area contributed by atoms with E-state index < -0.39 is 28.4 Å². The molecular formula is C23H16ClN3O5. The molecular weight excluding hydrogens is 434 g/mol. The van der Waals surface area contributed by atoms with Gasteiger partial charge in [0.05, 0.1) is 16.5 Å². The number of rotatable bonds is 4. The number of amides is 1. The first-order valence-electron chi connectivity index (χ1n) is 9.51. The number of anilines is 1. The van der Waals surface area contributed by atoms with E-state index in [2.05, 4.69) is 4.98 Å². The molecule has 0 bridgehead atoms. The molecule has 3 aromatic rings. The summed E-state index contributed by atoms with van der Waals surface area (Å²) in [6.07, 6.45) is 3.02. The summed E-state index contributed by atoms with van der Waals surface area (Å²) in [5.74, 6) is -2.22. The molecule has 160 valence electrons. The Kier molecular flexibility index (Phi) is 5.46. The number of pyridine rings is 1. The van der Waals surface area contributed by atoms with E-state index in [0.717, 1.165) is 6.07 Å². The Morgan fingerprint density at radius 1 is 1.12 bits per heavy atom. The predicted molar refractivity (Wildman–Crippen MR) is 118 cm³/mol. The van der Waals surface area contributed by atoms with Gasteiger partial charge in [0.15, 0.2) is 0 Å². The highest BCUT2D eigenvalue weighted by molar-refractivity contribution is 6.51. The van der Waals surface area contributed by atoms with Crippen molar-refractivity contribution in [2.45, 2.75) is 13.0 Å². The van der Waals surface area contributed by atoms with Crippen molar-refractivity contribution in [3.05, 3.63) is 104 Å². The Labute approximate surface area is 187 Å². The number of carbonyl (C=O) groups is 2. The smallest absolute Gasteiger partial charge is 0.300 e. The number of hydrogen-bond donors (Lipinski definition) is 1. The standard InChI is InChI=1S/C23H16ClN3O5/c1-13-11-16(24)5-6-18(13)26-20(14-7-9-25-10-8-14)19(22(29)23(26)30)21(28)15-3-2-4-17(12-15)27(31)32/h2-12,20,28H,1H3/b21-19-. The molecule has 1 aliphatic heterocycles. The highest BCUT2D eigenvalue weighted by Crippen LogP contribution is 2.43. The van der Waals surface area contributed by atoms with Crippen LogP contribution in [-0.4, -0.2) is 26.7 Å². The zero-order valence-corrected chi connectivity index (χ0v) is 17.5. The minimum atomic E-state index is -0.961. The van der Waals surface area contributed by atoms with Gasteiger partial charge >= 0.3 is 0 Å². The van der Waals surface area contributed by atoms with Crippen LogP contribution in [0.15, 0.2) is 72.6 Å². The molecule has 1 saturated heterocycles. The number of halogens is 1. The number of nitro groups is 1. The van der Waals surface area contributed by atoms with Crippen LogP contribution in [0.2, 0.25) is 5.02 Å². The van der Waals surface area contributed by atoms with Gasteiger partial charge in [-0.2, -0.15) is 0 Å². The quantitative estimate of drug-likeness (QED) is 0.205. The van der Waals surface area contributed by atoms with Gasteiger partial charge in [-0.1, -0.05) is 23.7 Å². The molecule has 1 fully saturated rings. The van der Waals surface area contributed by atoms with Crippen LogP contribution >= 0.6 is 11.6 Å². The van der Waals surface area contributed by atoms with Gasteiger partial charge < -0.3 is 5.11 Å². The maximum atomic E-state index is 13.1. The maximum absolute atomic E-state index is 13.1. The molecule has 1 aromatic heterocycles. The van der Waals surface area contributed by atoms with E-state index in [0.29, 0.717) is 21.8 Å². The molecule has 4 rings (SSSR count). The normalized spacial score (nSPS) is 17.6. The van der Waals surface area contributed by atoms with Crippen LogP contribution in [-0.2, 0) is 9.59 Å². The van der Waals surface area contributed by atoms with E-state index in [1.54, 1.807) is 37.3 Å². The molecule has 1 amide bonds. The number of benzene rings is 2. The van der Waals surface area contributed by atoms with Gasteiger partial charge in [0.25, 0.3) is 17.4 Å². The topological polar surface area (TPSA) is 114 Å². The van der Waals surface area contributed by atoms with Gasteiger partial charge in [-0.05, 0) is 48.4 Å². The van der Waals surface area contributed by atoms with Crippen LogP contribution in [0.1, 0.15) is 22.7 Å². The van der Waals surface area contributed by atoms with Crippen LogP contribution in [0.4, 0.5) is 11.4 Å². The molecule has 8 nitrogen and oxygen atoms in total. The Hall–Kier alpha value is -4.04. The van der Waals surface area contributed by atoms with Gasteiger partial charge in [0, 0.05) is 40.8 Å². The zero-order valence-electron chi connectivity index (χ0n) is 16.7. The number of nitrogens with zero attached hydrogens (tertiary/aromatic N) is 3. The van der Waals surface area contributed by atoms with E-state index in [4.69, 9.17) is 11.6 Å². The first-order valence-corrected chi connectivity index (χ1v) is 9.89. The largest absolute Gasteiger partial charge is 0.507 e. The van der Waals surface area contributed by atoms with Crippen molar-refractivity contribution >= 4 is 40.4 Å². The number of carbonyl (C=O) groups excluding carboxylic acids is 2. The molecule has 1 atom stereocenters. The fourth-order valence-corrected chi connectivity index (χ4v) is 3.98. The van der Waals surface area contributed by atoms with Crippen LogP contribution in [0.25, 0.3) is 5.76 Å². The minimum Gasteiger partial charge on any atom is -0.507 e. The second-order valence-corrected chi connectivity index (χ2v) is 7.62. The van der Waals surface area contributed by atoms with Crippen molar-refractivity contribution in [2.75, 3.05) is 4.90 Å². The average molecular weight is 450 g/mol. The second-order valence-electron chi connectivity index (χ2n) is 7.19. The fraction of sp³-hybridized carbons (Fsp3) is 0.0870. The van der Waals surface area contributed by atoms with Gasteiger partial charge in [-0.15, -0.1) is 0 Å². The Morgan fingerprint density at radius 3 is 2.50 bits per heavy atom. The summed E-state index contributed by atoms with van der Waals surface area (Å²) >= 11 is 6.06. The lowest BCUT2D eigenvalue weighted by molar-refractivity contribution is -0.384. The Balaban J connectivity index is 1.96. The van der Waals surface area contributed by atoms with E-state index >= 15 is 0 Å². The highest BCUT2D eigenvalue weighted by Gasteiger charge is 2.47. The SMILES string of the molecule is Cc1cc(Cl)ccc1N1C(=O)C(=O)/C(=C(\O)c2cccc([N+](=O)[O-])c2)C1c1ccncc1. The second kappa shape index (κ2) is 8.24. The maximum Gasteiger partial charge on any atom is 0.300 e. The predicted octanol–water partition coefficient (Wildman–Crippen LogP) is 4.58. The summed E-state index contributed by atoms with van der Waals surface area (Å²) in [5, 5.41) is 22.7. The third-order valence-electron chi connectivity index (χ3n) is 5.22. The summed E-state index contributed by atoms with van der Waals surface area (Å²) in [6, 6.07) is 12.5. The molecule has 1 N–H and O–H groups in total. The lowest BCUT2D eigenvalue weighted by Gasteiger charge is -2.26. The van der Waals surface area contributed by atoms with Crippen molar-refractivity contribution in [1.29, 1.82) is 0 Å². The average Bonchev–Trinajstić information content (AvgIpc) is 3.04. The highest BCUT2D eigenvalue weighted by atomic mass is 35.5. The lowest BCUT2D eigenvalue weighted by atomic mass is 9.95. The molecule has 1 unspecified atom stereocenters. The van der Waals surface area contributed by atoms with E-state index in [1.165, 1.54) is 35.5 Å². The summed E-state index contributed by atoms with van der Waals surface area (Å²) in [7, 11) is 0. The van der Waals surface area contributed by atoms with Gasteiger partial charge in [0.2, 0.25) is 0 Å². The molecule has 0 aliphatic carbocycles.